The predicted octanol–water partition coefficient (Wildman–Crippen LogP) is 1.61. The third-order valence-electron chi connectivity index (χ3n) is 4.31. The zero-order valence-electron chi connectivity index (χ0n) is 11.0. The minimum absolute atomic E-state index is 0.00594. The number of likely N-dealkylation sites (tertiary alicyclic amines) is 1. The Morgan fingerprint density at radius 3 is 2.75 bits per heavy atom. The molecule has 2 atom stereocenters. The summed E-state index contributed by atoms with van der Waals surface area (Å²) >= 11 is 0. The van der Waals surface area contributed by atoms with Crippen LogP contribution in [0.4, 0.5) is 0 Å². The van der Waals surface area contributed by atoms with Crippen molar-refractivity contribution in [1.82, 2.24) is 4.90 Å². The number of hydrogen-bond acceptors (Lipinski definition) is 3. The van der Waals surface area contributed by atoms with Gasteiger partial charge in [-0.1, -0.05) is 0 Å². The van der Waals surface area contributed by atoms with E-state index in [-0.39, 0.29) is 11.1 Å². The summed E-state index contributed by atoms with van der Waals surface area (Å²) in [6.45, 7) is 7.66. The summed E-state index contributed by atoms with van der Waals surface area (Å²) in [4.78, 5) is 2.49. The van der Waals surface area contributed by atoms with E-state index in [0.29, 0.717) is 0 Å². The van der Waals surface area contributed by atoms with Crippen LogP contribution in [0.15, 0.2) is 0 Å². The van der Waals surface area contributed by atoms with Crippen molar-refractivity contribution in [3.05, 3.63) is 0 Å². The van der Waals surface area contributed by atoms with E-state index >= 15 is 0 Å². The first-order chi connectivity index (χ1) is 7.45. The maximum absolute atomic E-state index is 6.40. The zero-order chi connectivity index (χ0) is 11.8. The maximum atomic E-state index is 6.40. The Hall–Kier alpha value is -0.120. The summed E-state index contributed by atoms with van der Waals surface area (Å²) in [5.74, 6) is 0.753. The molecule has 0 radical (unpaired) electrons. The highest BCUT2D eigenvalue weighted by molar-refractivity contribution is 4.98. The molecule has 2 N–H and O–H groups in total. The second kappa shape index (κ2) is 4.28. The van der Waals surface area contributed by atoms with Gasteiger partial charge in [0.05, 0.1) is 5.60 Å². The molecule has 1 heterocycles. The fourth-order valence-electron chi connectivity index (χ4n) is 2.96. The lowest BCUT2D eigenvalue weighted by atomic mass is 9.91. The molecule has 2 rings (SSSR count). The van der Waals surface area contributed by atoms with Gasteiger partial charge in [0.15, 0.2) is 0 Å². The number of hydrogen-bond donors (Lipinski definition) is 1. The van der Waals surface area contributed by atoms with Gasteiger partial charge in [0.1, 0.15) is 0 Å². The molecular weight excluding hydrogens is 200 g/mol. The molecule has 3 heteroatoms. The molecule has 1 saturated heterocycles. The van der Waals surface area contributed by atoms with Crippen LogP contribution < -0.4 is 5.73 Å². The van der Waals surface area contributed by atoms with E-state index < -0.39 is 0 Å². The quantitative estimate of drug-likeness (QED) is 0.791. The summed E-state index contributed by atoms with van der Waals surface area (Å²) in [6, 6.07) is 0. The molecule has 1 aliphatic carbocycles. The summed E-state index contributed by atoms with van der Waals surface area (Å²) in [6.07, 6.45) is 5.04. The molecule has 0 aromatic rings. The third kappa shape index (κ3) is 2.76. The van der Waals surface area contributed by atoms with Crippen LogP contribution in [0.5, 0.6) is 0 Å². The van der Waals surface area contributed by atoms with Crippen molar-refractivity contribution in [2.75, 3.05) is 26.7 Å². The molecule has 0 amide bonds. The first-order valence-corrected chi connectivity index (χ1v) is 6.52. The minimum Gasteiger partial charge on any atom is -0.377 e. The lowest BCUT2D eigenvalue weighted by Gasteiger charge is -2.42. The number of rotatable bonds is 4. The molecule has 2 unspecified atom stereocenters. The van der Waals surface area contributed by atoms with Crippen molar-refractivity contribution >= 4 is 0 Å². The van der Waals surface area contributed by atoms with Gasteiger partial charge in [0.2, 0.25) is 0 Å². The Kier molecular flexibility index (Phi) is 3.30. The van der Waals surface area contributed by atoms with Crippen molar-refractivity contribution in [2.45, 2.75) is 50.7 Å². The molecule has 0 aromatic heterocycles. The maximum Gasteiger partial charge on any atom is 0.0777 e. The van der Waals surface area contributed by atoms with Crippen molar-refractivity contribution in [1.29, 1.82) is 0 Å². The largest absolute Gasteiger partial charge is 0.377 e. The second-order valence-electron chi connectivity index (χ2n) is 6.25. The van der Waals surface area contributed by atoms with Gasteiger partial charge in [0.25, 0.3) is 0 Å². The molecule has 0 bridgehead atoms. The van der Waals surface area contributed by atoms with E-state index in [1.54, 1.807) is 0 Å². The van der Waals surface area contributed by atoms with Crippen LogP contribution in [0.3, 0.4) is 0 Å². The summed E-state index contributed by atoms with van der Waals surface area (Å²) < 4.78 is 5.62. The first-order valence-electron chi connectivity index (χ1n) is 6.52. The van der Waals surface area contributed by atoms with E-state index in [2.05, 4.69) is 18.7 Å². The molecule has 2 aliphatic rings. The number of methoxy groups -OCH3 is 1. The first kappa shape index (κ1) is 12.3. The Morgan fingerprint density at radius 2 is 2.19 bits per heavy atom. The molecule has 1 saturated carbocycles. The van der Waals surface area contributed by atoms with Crippen molar-refractivity contribution in [3.8, 4) is 0 Å². The standard InChI is InChI=1S/C13H26N2O/c1-12(16-3)7-4-8-15(9-12)10-13(2,14)11-5-6-11/h11H,4-10,14H2,1-3H3. The predicted molar refractivity (Wildman–Crippen MR) is 66.4 cm³/mol. The molecule has 94 valence electrons. The lowest BCUT2D eigenvalue weighted by molar-refractivity contribution is -0.0549. The molecular formula is C13H26N2O. The van der Waals surface area contributed by atoms with Crippen molar-refractivity contribution < 1.29 is 4.74 Å². The van der Waals surface area contributed by atoms with E-state index in [4.69, 9.17) is 10.5 Å². The normalized spacial score (nSPS) is 36.0. The van der Waals surface area contributed by atoms with Crippen molar-refractivity contribution in [3.63, 3.8) is 0 Å². The average molecular weight is 226 g/mol. The van der Waals surface area contributed by atoms with Crippen LogP contribution in [0.1, 0.15) is 39.5 Å². The number of nitrogens with zero attached hydrogens (tertiary/aromatic N) is 1. The van der Waals surface area contributed by atoms with Crippen LogP contribution in [0, 0.1) is 5.92 Å². The molecule has 2 fully saturated rings. The van der Waals surface area contributed by atoms with Crippen LogP contribution in [0.25, 0.3) is 0 Å². The van der Waals surface area contributed by atoms with Gasteiger partial charge in [-0.15, -0.1) is 0 Å². The van der Waals surface area contributed by atoms with E-state index in [1.807, 2.05) is 7.11 Å². The SMILES string of the molecule is COC1(C)CCCN(CC(C)(N)C2CC2)C1. The van der Waals surface area contributed by atoms with Gasteiger partial charge in [-0.3, -0.25) is 4.90 Å². The number of nitrogens with two attached hydrogens (primary N) is 1. The van der Waals surface area contributed by atoms with Crippen LogP contribution in [-0.4, -0.2) is 42.8 Å². The fourth-order valence-corrected chi connectivity index (χ4v) is 2.96. The van der Waals surface area contributed by atoms with Gasteiger partial charge in [-0.05, 0) is 52.0 Å². The fraction of sp³-hybridized carbons (Fsp3) is 1.00. The van der Waals surface area contributed by atoms with Gasteiger partial charge >= 0.3 is 0 Å². The second-order valence-corrected chi connectivity index (χ2v) is 6.25. The number of ether oxygens (including phenoxy) is 1. The average Bonchev–Trinajstić information content (AvgIpc) is 3.00. The van der Waals surface area contributed by atoms with Crippen LogP contribution in [0.2, 0.25) is 0 Å². The smallest absolute Gasteiger partial charge is 0.0777 e. The summed E-state index contributed by atoms with van der Waals surface area (Å²) in [7, 11) is 1.83. The molecule has 0 aromatic carbocycles. The van der Waals surface area contributed by atoms with Crippen molar-refractivity contribution in [2.24, 2.45) is 11.7 Å². The highest BCUT2D eigenvalue weighted by Gasteiger charge is 2.41. The van der Waals surface area contributed by atoms with Gasteiger partial charge in [-0.25, -0.2) is 0 Å². The molecule has 0 spiro atoms. The summed E-state index contributed by atoms with van der Waals surface area (Å²) in [5, 5.41) is 0. The topological polar surface area (TPSA) is 38.5 Å². The molecule has 1 aliphatic heterocycles. The van der Waals surface area contributed by atoms with Gasteiger partial charge in [-0.2, -0.15) is 0 Å². The Bertz CT molecular complexity index is 250. The van der Waals surface area contributed by atoms with Crippen LogP contribution in [-0.2, 0) is 4.74 Å². The van der Waals surface area contributed by atoms with Crippen LogP contribution >= 0.6 is 0 Å². The van der Waals surface area contributed by atoms with E-state index in [0.717, 1.165) is 19.0 Å². The van der Waals surface area contributed by atoms with Gasteiger partial charge in [0, 0.05) is 25.7 Å². The highest BCUT2D eigenvalue weighted by Crippen LogP contribution is 2.39. The van der Waals surface area contributed by atoms with E-state index in [1.165, 1.54) is 32.2 Å². The Morgan fingerprint density at radius 1 is 1.50 bits per heavy atom. The minimum atomic E-state index is 0.00594. The highest BCUT2D eigenvalue weighted by atomic mass is 16.5. The zero-order valence-corrected chi connectivity index (χ0v) is 11.0. The van der Waals surface area contributed by atoms with Gasteiger partial charge < -0.3 is 10.5 Å². The Labute approximate surface area is 99.3 Å². The third-order valence-corrected chi connectivity index (χ3v) is 4.31. The lowest BCUT2D eigenvalue weighted by Crippen LogP contribution is -2.55. The monoisotopic (exact) mass is 226 g/mol. The van der Waals surface area contributed by atoms with E-state index in [9.17, 15) is 0 Å². The molecule has 16 heavy (non-hydrogen) atoms. The number of piperidine rings is 1. The summed E-state index contributed by atoms with van der Waals surface area (Å²) in [5.41, 5.74) is 6.45. The molecule has 3 nitrogen and oxygen atoms in total. The Balaban J connectivity index is 1.89.